The molecule has 7 nitrogen and oxygen atoms in total. The van der Waals surface area contributed by atoms with Crippen LogP contribution in [-0.2, 0) is 29.0 Å². The molecule has 0 fully saturated rings. The Morgan fingerprint density at radius 3 is 2.61 bits per heavy atom. The minimum absolute atomic E-state index is 0.0554. The monoisotopic (exact) mass is 445 g/mol. The molecule has 1 aromatic heterocycles. The number of aryl methyl sites for hydroxylation is 1. The second-order valence-electron chi connectivity index (χ2n) is 8.92. The van der Waals surface area contributed by atoms with Gasteiger partial charge in [0.1, 0.15) is 11.9 Å². The highest BCUT2D eigenvalue weighted by Gasteiger charge is 2.24. The van der Waals surface area contributed by atoms with Gasteiger partial charge in [0, 0.05) is 24.2 Å². The maximum Gasteiger partial charge on any atom is 0.247 e. The maximum absolute atomic E-state index is 13.1. The molecule has 1 atom stereocenters. The van der Waals surface area contributed by atoms with Gasteiger partial charge in [-0.2, -0.15) is 0 Å². The van der Waals surface area contributed by atoms with Crippen molar-refractivity contribution in [2.45, 2.75) is 58.5 Å². The number of amides is 2. The molecule has 0 spiro atoms. The van der Waals surface area contributed by atoms with Crippen molar-refractivity contribution in [1.82, 2.24) is 20.1 Å². The summed E-state index contributed by atoms with van der Waals surface area (Å²) in [7, 11) is 0. The van der Waals surface area contributed by atoms with Gasteiger partial charge in [-0.15, -0.1) is 10.2 Å². The van der Waals surface area contributed by atoms with E-state index in [9.17, 15) is 9.59 Å². The van der Waals surface area contributed by atoms with E-state index in [1.807, 2.05) is 68.4 Å². The molecule has 0 bridgehead atoms. The molecule has 0 radical (unpaired) electrons. The summed E-state index contributed by atoms with van der Waals surface area (Å²) in [5.74, 6) is 1.40. The Balaban J connectivity index is 1.46. The van der Waals surface area contributed by atoms with Gasteiger partial charge in [-0.05, 0) is 36.5 Å². The van der Waals surface area contributed by atoms with Gasteiger partial charge < -0.3 is 15.2 Å². The molecule has 2 aromatic carbocycles. The average molecular weight is 446 g/mol. The van der Waals surface area contributed by atoms with Gasteiger partial charge in [-0.3, -0.25) is 9.59 Å². The van der Waals surface area contributed by atoms with Gasteiger partial charge in [0.15, 0.2) is 5.82 Å². The van der Waals surface area contributed by atoms with Gasteiger partial charge in [0.05, 0.1) is 6.42 Å². The fourth-order valence-corrected chi connectivity index (χ4v) is 4.20. The number of hydrogen-bond acceptors (Lipinski definition) is 4. The number of anilines is 1. The first kappa shape index (κ1) is 22.7. The predicted octanol–water partition coefficient (Wildman–Crippen LogP) is 3.99. The molecule has 1 aliphatic heterocycles. The number of nitrogens with zero attached hydrogens (tertiary/aromatic N) is 3. The SMILES string of the molecule is CC(C)[C@H](NC(=O)Cc1ccccc1)C(=O)Nc1cccc(-c2nnc3n2CCCCC3)c1. The van der Waals surface area contributed by atoms with E-state index in [0.717, 1.165) is 48.6 Å². The summed E-state index contributed by atoms with van der Waals surface area (Å²) in [5.41, 5.74) is 2.51. The van der Waals surface area contributed by atoms with Crippen molar-refractivity contribution in [3.05, 3.63) is 66.0 Å². The summed E-state index contributed by atoms with van der Waals surface area (Å²) >= 11 is 0. The zero-order valence-corrected chi connectivity index (χ0v) is 19.3. The molecular weight excluding hydrogens is 414 g/mol. The third-order valence-electron chi connectivity index (χ3n) is 5.97. The topological polar surface area (TPSA) is 88.9 Å². The molecule has 2 heterocycles. The van der Waals surface area contributed by atoms with E-state index in [1.165, 1.54) is 6.42 Å². The Hall–Kier alpha value is -3.48. The highest BCUT2D eigenvalue weighted by atomic mass is 16.2. The number of hydrogen-bond donors (Lipinski definition) is 2. The van der Waals surface area contributed by atoms with Crippen LogP contribution in [0, 0.1) is 5.92 Å². The van der Waals surface area contributed by atoms with Crippen LogP contribution < -0.4 is 10.6 Å². The molecule has 0 aliphatic carbocycles. The van der Waals surface area contributed by atoms with E-state index >= 15 is 0 Å². The van der Waals surface area contributed by atoms with Crippen molar-refractivity contribution in [2.24, 2.45) is 5.92 Å². The Morgan fingerprint density at radius 1 is 1.00 bits per heavy atom. The first-order chi connectivity index (χ1) is 16.0. The zero-order chi connectivity index (χ0) is 23.2. The lowest BCUT2D eigenvalue weighted by Crippen LogP contribution is -2.47. The van der Waals surface area contributed by atoms with Gasteiger partial charge in [-0.25, -0.2) is 0 Å². The lowest BCUT2D eigenvalue weighted by atomic mass is 10.0. The van der Waals surface area contributed by atoms with E-state index in [2.05, 4.69) is 25.4 Å². The van der Waals surface area contributed by atoms with Gasteiger partial charge >= 0.3 is 0 Å². The highest BCUT2D eigenvalue weighted by Crippen LogP contribution is 2.25. The highest BCUT2D eigenvalue weighted by molar-refractivity contribution is 5.98. The second kappa shape index (κ2) is 10.4. The van der Waals surface area contributed by atoms with Crippen LogP contribution in [-0.4, -0.2) is 32.6 Å². The second-order valence-corrected chi connectivity index (χ2v) is 8.92. The normalized spacial score (nSPS) is 14.3. The number of fused-ring (bicyclic) bond motifs is 1. The molecule has 0 saturated carbocycles. The molecule has 2 amide bonds. The Bertz CT molecular complexity index is 1110. The van der Waals surface area contributed by atoms with Crippen molar-refractivity contribution in [3.8, 4) is 11.4 Å². The Labute approximate surface area is 194 Å². The average Bonchev–Trinajstić information content (AvgIpc) is 3.06. The van der Waals surface area contributed by atoms with Crippen LogP contribution in [0.5, 0.6) is 0 Å². The zero-order valence-electron chi connectivity index (χ0n) is 19.3. The quantitative estimate of drug-likeness (QED) is 0.575. The van der Waals surface area contributed by atoms with Crippen LogP contribution in [0.15, 0.2) is 54.6 Å². The van der Waals surface area contributed by atoms with Crippen LogP contribution in [0.1, 0.15) is 44.5 Å². The van der Waals surface area contributed by atoms with Crippen LogP contribution in [0.2, 0.25) is 0 Å². The predicted molar refractivity (Wildman–Crippen MR) is 129 cm³/mol. The summed E-state index contributed by atoms with van der Waals surface area (Å²) in [4.78, 5) is 25.6. The van der Waals surface area contributed by atoms with Crippen LogP contribution >= 0.6 is 0 Å². The van der Waals surface area contributed by atoms with Crippen molar-refractivity contribution < 1.29 is 9.59 Å². The minimum Gasteiger partial charge on any atom is -0.344 e. The fraction of sp³-hybridized carbons (Fsp3) is 0.385. The van der Waals surface area contributed by atoms with E-state index in [4.69, 9.17) is 0 Å². The summed E-state index contributed by atoms with van der Waals surface area (Å²) in [6.45, 7) is 4.76. The first-order valence-corrected chi connectivity index (χ1v) is 11.7. The smallest absolute Gasteiger partial charge is 0.247 e. The van der Waals surface area contributed by atoms with Crippen LogP contribution in [0.3, 0.4) is 0 Å². The van der Waals surface area contributed by atoms with Crippen molar-refractivity contribution in [3.63, 3.8) is 0 Å². The summed E-state index contributed by atoms with van der Waals surface area (Å²) < 4.78 is 2.19. The van der Waals surface area contributed by atoms with Crippen LogP contribution in [0.25, 0.3) is 11.4 Å². The lowest BCUT2D eigenvalue weighted by Gasteiger charge is -2.22. The van der Waals surface area contributed by atoms with E-state index in [-0.39, 0.29) is 24.2 Å². The van der Waals surface area contributed by atoms with Crippen molar-refractivity contribution in [1.29, 1.82) is 0 Å². The molecule has 0 saturated heterocycles. The summed E-state index contributed by atoms with van der Waals surface area (Å²) in [6, 6.07) is 16.6. The maximum atomic E-state index is 13.1. The molecule has 7 heteroatoms. The summed E-state index contributed by atoms with van der Waals surface area (Å²) in [5, 5.41) is 14.7. The number of nitrogens with one attached hydrogen (secondary N) is 2. The number of carbonyl (C=O) groups is 2. The number of carbonyl (C=O) groups excluding carboxylic acids is 2. The molecule has 1 aliphatic rings. The lowest BCUT2D eigenvalue weighted by molar-refractivity contribution is -0.127. The summed E-state index contributed by atoms with van der Waals surface area (Å²) in [6.07, 6.45) is 4.65. The van der Waals surface area contributed by atoms with Gasteiger partial charge in [0.25, 0.3) is 0 Å². The van der Waals surface area contributed by atoms with Crippen LogP contribution in [0.4, 0.5) is 5.69 Å². The Kier molecular flexibility index (Phi) is 7.17. The standard InChI is InChI=1S/C26H31N5O2/c1-18(2)24(28-23(32)16-19-10-5-3-6-11-19)26(33)27-21-13-9-12-20(17-21)25-30-29-22-14-7-4-8-15-31(22)25/h3,5-6,9-13,17-18,24H,4,7-8,14-16H2,1-2H3,(H,27,33)(H,28,32)/t24-/m0/s1. The molecular formula is C26H31N5O2. The first-order valence-electron chi connectivity index (χ1n) is 11.7. The Morgan fingerprint density at radius 2 is 1.82 bits per heavy atom. The van der Waals surface area contributed by atoms with Crippen molar-refractivity contribution >= 4 is 17.5 Å². The third kappa shape index (κ3) is 5.66. The largest absolute Gasteiger partial charge is 0.344 e. The number of benzene rings is 2. The van der Waals surface area contributed by atoms with Gasteiger partial charge in [-0.1, -0.05) is 62.7 Å². The molecule has 2 N–H and O–H groups in total. The molecule has 0 unspecified atom stereocenters. The molecule has 172 valence electrons. The number of aromatic nitrogens is 3. The van der Waals surface area contributed by atoms with E-state index in [0.29, 0.717) is 5.69 Å². The third-order valence-corrected chi connectivity index (χ3v) is 5.97. The molecule has 4 rings (SSSR count). The van der Waals surface area contributed by atoms with E-state index in [1.54, 1.807) is 0 Å². The molecule has 33 heavy (non-hydrogen) atoms. The van der Waals surface area contributed by atoms with Crippen molar-refractivity contribution in [2.75, 3.05) is 5.32 Å². The van der Waals surface area contributed by atoms with E-state index < -0.39 is 6.04 Å². The van der Waals surface area contributed by atoms with Gasteiger partial charge in [0.2, 0.25) is 11.8 Å². The fourth-order valence-electron chi connectivity index (χ4n) is 4.20. The molecule has 3 aromatic rings. The number of rotatable bonds is 7. The minimum atomic E-state index is -0.630.